The molecule has 0 radical (unpaired) electrons. The number of rotatable bonds is 5. The first kappa shape index (κ1) is 19.8. The van der Waals surface area contributed by atoms with E-state index < -0.39 is 0 Å². The Bertz CT molecular complexity index is 1050. The molecule has 0 fully saturated rings. The number of carbonyl (C=O) groups is 2. The molecule has 2 aromatic heterocycles. The molecular weight excluding hydrogens is 402 g/mol. The molecule has 0 unspecified atom stereocenters. The number of fused-ring (bicyclic) bond motifs is 1. The van der Waals surface area contributed by atoms with Crippen LogP contribution in [0.3, 0.4) is 0 Å². The average molecular weight is 426 g/mol. The fourth-order valence-corrected chi connectivity index (χ4v) is 5.76. The second-order valence-electron chi connectivity index (χ2n) is 7.18. The number of aryl methyl sites for hydroxylation is 3. The van der Waals surface area contributed by atoms with Gasteiger partial charge in [0.2, 0.25) is 0 Å². The Hall–Kier alpha value is -2.51. The first-order valence-corrected chi connectivity index (χ1v) is 11.4. The highest BCUT2D eigenvalue weighted by Crippen LogP contribution is 2.38. The number of thiazole rings is 1. The summed E-state index contributed by atoms with van der Waals surface area (Å²) in [7, 11) is 0. The normalized spacial score (nSPS) is 13.0. The lowest BCUT2D eigenvalue weighted by Gasteiger charge is -2.13. The van der Waals surface area contributed by atoms with Crippen molar-refractivity contribution in [3.05, 3.63) is 67.5 Å². The summed E-state index contributed by atoms with van der Waals surface area (Å²) in [6, 6.07) is 9.84. The first-order valence-electron chi connectivity index (χ1n) is 9.75. The van der Waals surface area contributed by atoms with Crippen molar-refractivity contribution < 1.29 is 9.59 Å². The number of carbonyl (C=O) groups excluding carboxylic acids is 2. The summed E-state index contributed by atoms with van der Waals surface area (Å²) in [4.78, 5) is 32.1. The zero-order valence-electron chi connectivity index (χ0n) is 16.5. The highest BCUT2D eigenvalue weighted by Gasteiger charge is 2.27. The molecule has 0 saturated carbocycles. The summed E-state index contributed by atoms with van der Waals surface area (Å²) in [5, 5.41) is 7.54. The molecular formula is C22H23N3O2S2. The van der Waals surface area contributed by atoms with Crippen molar-refractivity contribution in [1.29, 1.82) is 0 Å². The zero-order chi connectivity index (χ0) is 20.4. The molecule has 1 aliphatic rings. The maximum absolute atomic E-state index is 13.1. The van der Waals surface area contributed by atoms with E-state index in [4.69, 9.17) is 0 Å². The van der Waals surface area contributed by atoms with Crippen LogP contribution in [0.4, 0.5) is 5.00 Å². The third-order valence-electron chi connectivity index (χ3n) is 5.03. The number of aromatic nitrogens is 1. The highest BCUT2D eigenvalue weighted by atomic mass is 32.1. The predicted octanol–water partition coefficient (Wildman–Crippen LogP) is 4.88. The largest absolute Gasteiger partial charge is 0.348 e. The molecule has 0 saturated heterocycles. The van der Waals surface area contributed by atoms with Gasteiger partial charge in [-0.05, 0) is 50.7 Å². The molecule has 0 aliphatic heterocycles. The third kappa shape index (κ3) is 4.26. The third-order valence-corrected chi connectivity index (χ3v) is 7.31. The molecule has 4 rings (SSSR count). The van der Waals surface area contributed by atoms with Gasteiger partial charge in [0.1, 0.15) is 9.88 Å². The van der Waals surface area contributed by atoms with Crippen LogP contribution in [0.2, 0.25) is 0 Å². The van der Waals surface area contributed by atoms with Crippen molar-refractivity contribution in [2.75, 3.05) is 5.32 Å². The van der Waals surface area contributed by atoms with Crippen molar-refractivity contribution in [1.82, 2.24) is 10.3 Å². The zero-order valence-corrected chi connectivity index (χ0v) is 18.1. The summed E-state index contributed by atoms with van der Waals surface area (Å²) < 4.78 is 0. The molecule has 150 valence electrons. The van der Waals surface area contributed by atoms with E-state index in [0.29, 0.717) is 22.0 Å². The van der Waals surface area contributed by atoms with Gasteiger partial charge in [-0.2, -0.15) is 0 Å². The second-order valence-corrected chi connectivity index (χ2v) is 9.49. The molecule has 3 aromatic rings. The van der Waals surface area contributed by atoms with Crippen LogP contribution in [-0.4, -0.2) is 16.8 Å². The molecule has 29 heavy (non-hydrogen) atoms. The lowest BCUT2D eigenvalue weighted by Crippen LogP contribution is -2.25. The summed E-state index contributed by atoms with van der Waals surface area (Å²) in [5.41, 5.74) is 3.50. The fraction of sp³-hybridized carbons (Fsp3) is 0.318. The van der Waals surface area contributed by atoms with Gasteiger partial charge in [0.15, 0.2) is 0 Å². The van der Waals surface area contributed by atoms with Crippen LogP contribution in [0.5, 0.6) is 0 Å². The van der Waals surface area contributed by atoms with Gasteiger partial charge in [-0.25, -0.2) is 4.98 Å². The SMILES string of the molecule is Cc1nc(C)c(C(=O)Nc2sc3c(c2C(=O)NCc2ccccc2)CCCC3)s1. The summed E-state index contributed by atoms with van der Waals surface area (Å²) in [6.45, 7) is 4.19. The number of nitrogens with one attached hydrogen (secondary N) is 2. The Balaban J connectivity index is 1.60. The molecule has 0 atom stereocenters. The number of amides is 2. The molecule has 1 aliphatic carbocycles. The van der Waals surface area contributed by atoms with Crippen molar-refractivity contribution in [2.24, 2.45) is 0 Å². The number of thiophene rings is 1. The van der Waals surface area contributed by atoms with Crippen molar-refractivity contribution in [3.8, 4) is 0 Å². The molecule has 1 aromatic carbocycles. The van der Waals surface area contributed by atoms with E-state index in [1.54, 1.807) is 0 Å². The minimum absolute atomic E-state index is 0.124. The van der Waals surface area contributed by atoms with Crippen LogP contribution in [0, 0.1) is 13.8 Å². The standard InChI is InChI=1S/C22H23N3O2S2/c1-13-19(28-14(2)24-13)21(27)25-22-18(16-10-6-7-11-17(16)29-22)20(26)23-12-15-8-4-3-5-9-15/h3-5,8-9H,6-7,10-12H2,1-2H3,(H,23,26)(H,25,27). The number of hydrogen-bond acceptors (Lipinski definition) is 5. The van der Waals surface area contributed by atoms with Gasteiger partial charge in [0.05, 0.1) is 16.3 Å². The minimum Gasteiger partial charge on any atom is -0.348 e. The van der Waals surface area contributed by atoms with E-state index in [0.717, 1.165) is 47.5 Å². The Morgan fingerprint density at radius 2 is 1.79 bits per heavy atom. The second kappa shape index (κ2) is 8.47. The number of benzene rings is 1. The molecule has 0 spiro atoms. The van der Waals surface area contributed by atoms with Gasteiger partial charge in [-0.3, -0.25) is 9.59 Å². The Kier molecular flexibility index (Phi) is 5.78. The highest BCUT2D eigenvalue weighted by molar-refractivity contribution is 7.17. The van der Waals surface area contributed by atoms with E-state index in [2.05, 4.69) is 15.6 Å². The van der Waals surface area contributed by atoms with E-state index in [-0.39, 0.29) is 11.8 Å². The Labute approximate surface area is 178 Å². The monoisotopic (exact) mass is 425 g/mol. The van der Waals surface area contributed by atoms with Crippen LogP contribution < -0.4 is 10.6 Å². The van der Waals surface area contributed by atoms with Gasteiger partial charge in [0.25, 0.3) is 11.8 Å². The smallest absolute Gasteiger partial charge is 0.268 e. The number of nitrogens with zero attached hydrogens (tertiary/aromatic N) is 1. The van der Waals surface area contributed by atoms with Crippen LogP contribution >= 0.6 is 22.7 Å². The van der Waals surface area contributed by atoms with Crippen LogP contribution in [0.1, 0.15) is 59.6 Å². The van der Waals surface area contributed by atoms with Gasteiger partial charge < -0.3 is 10.6 Å². The average Bonchev–Trinajstić information content (AvgIpc) is 3.25. The lowest BCUT2D eigenvalue weighted by atomic mass is 9.95. The molecule has 2 amide bonds. The topological polar surface area (TPSA) is 71.1 Å². The molecule has 5 nitrogen and oxygen atoms in total. The van der Waals surface area contributed by atoms with Gasteiger partial charge in [-0.15, -0.1) is 22.7 Å². The van der Waals surface area contributed by atoms with Crippen molar-refractivity contribution in [2.45, 2.75) is 46.1 Å². The molecule has 2 N–H and O–H groups in total. The molecule has 7 heteroatoms. The van der Waals surface area contributed by atoms with Gasteiger partial charge >= 0.3 is 0 Å². The quantitative estimate of drug-likeness (QED) is 0.612. The summed E-state index contributed by atoms with van der Waals surface area (Å²) in [6.07, 6.45) is 4.05. The minimum atomic E-state index is -0.191. The number of anilines is 1. The lowest BCUT2D eigenvalue weighted by molar-refractivity contribution is 0.0951. The first-order chi connectivity index (χ1) is 14.0. The Morgan fingerprint density at radius 1 is 1.03 bits per heavy atom. The predicted molar refractivity (Wildman–Crippen MR) is 118 cm³/mol. The van der Waals surface area contributed by atoms with E-state index in [1.165, 1.54) is 27.6 Å². The molecule has 0 bridgehead atoms. The van der Waals surface area contributed by atoms with Crippen LogP contribution in [-0.2, 0) is 19.4 Å². The maximum Gasteiger partial charge on any atom is 0.268 e. The number of hydrogen-bond donors (Lipinski definition) is 2. The molecule has 2 heterocycles. The Morgan fingerprint density at radius 3 is 2.52 bits per heavy atom. The fourth-order valence-electron chi connectivity index (χ4n) is 3.66. The van der Waals surface area contributed by atoms with Crippen molar-refractivity contribution in [3.63, 3.8) is 0 Å². The van der Waals surface area contributed by atoms with Gasteiger partial charge in [-0.1, -0.05) is 30.3 Å². The van der Waals surface area contributed by atoms with Crippen LogP contribution in [0.15, 0.2) is 30.3 Å². The summed E-state index contributed by atoms with van der Waals surface area (Å²) in [5.74, 6) is -0.315. The van der Waals surface area contributed by atoms with E-state index in [1.807, 2.05) is 44.2 Å². The van der Waals surface area contributed by atoms with E-state index >= 15 is 0 Å². The van der Waals surface area contributed by atoms with Crippen LogP contribution in [0.25, 0.3) is 0 Å². The van der Waals surface area contributed by atoms with Gasteiger partial charge in [0, 0.05) is 11.4 Å². The summed E-state index contributed by atoms with van der Waals surface area (Å²) >= 11 is 2.92. The van der Waals surface area contributed by atoms with E-state index in [9.17, 15) is 9.59 Å². The van der Waals surface area contributed by atoms with Crippen molar-refractivity contribution >= 4 is 39.5 Å². The maximum atomic E-state index is 13.1.